The first-order valence-electron chi connectivity index (χ1n) is 6.59. The number of primary amides is 1. The molecule has 7 nitrogen and oxygen atoms in total. The summed E-state index contributed by atoms with van der Waals surface area (Å²) in [5.74, 6) is -1.10. The highest BCUT2D eigenvalue weighted by atomic mass is 16.5. The fraction of sp³-hybridized carbons (Fsp3) is 0.500. The van der Waals surface area contributed by atoms with Crippen molar-refractivity contribution < 1.29 is 24.5 Å². The van der Waals surface area contributed by atoms with Crippen molar-refractivity contribution in [2.45, 2.75) is 37.9 Å². The van der Waals surface area contributed by atoms with Gasteiger partial charge in [0, 0.05) is 12.4 Å². The number of aromatic nitrogens is 1. The van der Waals surface area contributed by atoms with E-state index in [4.69, 9.17) is 5.73 Å². The van der Waals surface area contributed by atoms with Crippen LogP contribution in [0.1, 0.15) is 35.2 Å². The van der Waals surface area contributed by atoms with E-state index >= 15 is 0 Å². The third-order valence-electron chi connectivity index (χ3n) is 3.10. The lowest BCUT2D eigenvalue weighted by atomic mass is 9.99. The molecular weight excluding hydrogens is 276 g/mol. The predicted octanol–water partition coefficient (Wildman–Crippen LogP) is -0.212. The number of hydrogen-bond donors (Lipinski definition) is 3. The van der Waals surface area contributed by atoms with Crippen LogP contribution in [-0.4, -0.2) is 46.4 Å². The highest BCUT2D eigenvalue weighted by Crippen LogP contribution is 2.13. The molecule has 0 radical (unpaired) electrons. The molecule has 1 aromatic rings. The third-order valence-corrected chi connectivity index (χ3v) is 3.10. The molecule has 1 amide bonds. The van der Waals surface area contributed by atoms with Gasteiger partial charge in [-0.3, -0.25) is 14.6 Å². The number of aliphatic hydroxyl groups is 2. The van der Waals surface area contributed by atoms with Crippen molar-refractivity contribution in [3.63, 3.8) is 0 Å². The zero-order valence-corrected chi connectivity index (χ0v) is 11.9. The van der Waals surface area contributed by atoms with Crippen LogP contribution in [0.2, 0.25) is 0 Å². The number of nitrogens with zero attached hydrogens (tertiary/aromatic N) is 1. The van der Waals surface area contributed by atoms with Gasteiger partial charge in [0.15, 0.2) is 0 Å². The van der Waals surface area contributed by atoms with E-state index < -0.39 is 24.1 Å². The van der Waals surface area contributed by atoms with Crippen molar-refractivity contribution in [2.75, 3.05) is 7.11 Å². The van der Waals surface area contributed by atoms with Crippen LogP contribution >= 0.6 is 0 Å². The second-order valence-electron chi connectivity index (χ2n) is 4.76. The Morgan fingerprint density at radius 2 is 2.10 bits per heavy atom. The summed E-state index contributed by atoms with van der Waals surface area (Å²) in [4.78, 5) is 26.0. The van der Waals surface area contributed by atoms with Gasteiger partial charge in [0.1, 0.15) is 0 Å². The molecule has 0 fully saturated rings. The Morgan fingerprint density at radius 1 is 1.38 bits per heavy atom. The Labute approximate surface area is 122 Å². The SMILES string of the molecule is COC(=O)C[C@H](O)C[C@@H](O)CCc1ccncc1C(N)=O. The average Bonchev–Trinajstić information content (AvgIpc) is 2.44. The van der Waals surface area contributed by atoms with Crippen LogP contribution < -0.4 is 5.73 Å². The summed E-state index contributed by atoms with van der Waals surface area (Å²) in [6.45, 7) is 0. The standard InChI is InChI=1S/C14H20N2O5/c1-21-13(19)7-11(18)6-10(17)3-2-9-4-5-16-8-12(9)14(15)20/h4-5,8,10-11,17-18H,2-3,6-7H2,1H3,(H2,15,20)/t10-,11+/m0/s1. The number of esters is 1. The van der Waals surface area contributed by atoms with Gasteiger partial charge in [-0.25, -0.2) is 0 Å². The smallest absolute Gasteiger partial charge is 0.308 e. The maximum Gasteiger partial charge on any atom is 0.308 e. The molecule has 0 aromatic carbocycles. The van der Waals surface area contributed by atoms with E-state index in [0.717, 1.165) is 0 Å². The zero-order chi connectivity index (χ0) is 15.8. The first-order valence-corrected chi connectivity index (χ1v) is 6.59. The highest BCUT2D eigenvalue weighted by Gasteiger charge is 2.17. The molecule has 0 aliphatic heterocycles. The summed E-state index contributed by atoms with van der Waals surface area (Å²) in [6.07, 6.45) is 1.84. The van der Waals surface area contributed by atoms with E-state index in [0.29, 0.717) is 24.0 Å². The molecular formula is C14H20N2O5. The van der Waals surface area contributed by atoms with Crippen LogP contribution in [0, 0.1) is 0 Å². The summed E-state index contributed by atoms with van der Waals surface area (Å²) in [5.41, 5.74) is 6.25. The van der Waals surface area contributed by atoms with Gasteiger partial charge in [0.25, 0.3) is 5.91 Å². The average molecular weight is 296 g/mol. The van der Waals surface area contributed by atoms with E-state index in [-0.39, 0.29) is 12.8 Å². The number of ether oxygens (including phenoxy) is 1. The number of carbonyl (C=O) groups is 2. The van der Waals surface area contributed by atoms with Gasteiger partial charge >= 0.3 is 5.97 Å². The minimum atomic E-state index is -0.958. The molecule has 0 aliphatic rings. The van der Waals surface area contributed by atoms with Crippen LogP contribution in [0.4, 0.5) is 0 Å². The normalized spacial score (nSPS) is 13.5. The van der Waals surface area contributed by atoms with Gasteiger partial charge in [0.2, 0.25) is 0 Å². The number of hydrogen-bond acceptors (Lipinski definition) is 6. The molecule has 116 valence electrons. The van der Waals surface area contributed by atoms with Crippen molar-refractivity contribution in [2.24, 2.45) is 5.73 Å². The Balaban J connectivity index is 2.48. The van der Waals surface area contributed by atoms with E-state index in [1.54, 1.807) is 12.3 Å². The van der Waals surface area contributed by atoms with Crippen LogP contribution in [0.3, 0.4) is 0 Å². The Bertz CT molecular complexity index is 492. The van der Waals surface area contributed by atoms with E-state index in [1.165, 1.54) is 13.3 Å². The molecule has 0 aliphatic carbocycles. The van der Waals surface area contributed by atoms with Gasteiger partial charge in [-0.1, -0.05) is 0 Å². The first kappa shape index (κ1) is 17.1. The zero-order valence-electron chi connectivity index (χ0n) is 11.9. The Hall–Kier alpha value is -1.99. The lowest BCUT2D eigenvalue weighted by Gasteiger charge is -2.15. The van der Waals surface area contributed by atoms with Crippen LogP contribution in [0.15, 0.2) is 18.5 Å². The number of aliphatic hydroxyl groups excluding tert-OH is 2. The second-order valence-corrected chi connectivity index (χ2v) is 4.76. The van der Waals surface area contributed by atoms with Crippen LogP contribution in [-0.2, 0) is 16.0 Å². The molecule has 0 saturated carbocycles. The molecule has 0 saturated heterocycles. The molecule has 0 spiro atoms. The number of rotatable bonds is 8. The van der Waals surface area contributed by atoms with Crippen molar-refractivity contribution in [1.82, 2.24) is 4.98 Å². The fourth-order valence-electron chi connectivity index (χ4n) is 1.98. The monoisotopic (exact) mass is 296 g/mol. The largest absolute Gasteiger partial charge is 0.469 e. The Morgan fingerprint density at radius 3 is 2.71 bits per heavy atom. The molecule has 0 bridgehead atoms. The minimum Gasteiger partial charge on any atom is -0.469 e. The maximum absolute atomic E-state index is 11.2. The van der Waals surface area contributed by atoms with Crippen molar-refractivity contribution in [1.29, 1.82) is 0 Å². The summed E-state index contributed by atoms with van der Waals surface area (Å²) in [7, 11) is 1.24. The molecule has 1 heterocycles. The van der Waals surface area contributed by atoms with Gasteiger partial charge in [-0.05, 0) is 30.9 Å². The van der Waals surface area contributed by atoms with Gasteiger partial charge < -0.3 is 20.7 Å². The number of amides is 1. The molecule has 1 rings (SSSR count). The maximum atomic E-state index is 11.2. The first-order chi connectivity index (χ1) is 9.93. The number of methoxy groups -OCH3 is 1. The minimum absolute atomic E-state index is 0.0616. The lowest BCUT2D eigenvalue weighted by Crippen LogP contribution is -2.22. The van der Waals surface area contributed by atoms with Crippen molar-refractivity contribution in [3.05, 3.63) is 29.6 Å². The van der Waals surface area contributed by atoms with Gasteiger partial charge in [-0.2, -0.15) is 0 Å². The second kappa shape index (κ2) is 8.33. The number of aryl methyl sites for hydroxylation is 1. The summed E-state index contributed by atoms with van der Waals surface area (Å²) in [6, 6.07) is 1.66. The van der Waals surface area contributed by atoms with Gasteiger partial charge in [0.05, 0.1) is 31.3 Å². The number of carbonyl (C=O) groups excluding carboxylic acids is 2. The third kappa shape index (κ3) is 5.88. The van der Waals surface area contributed by atoms with E-state index in [1.807, 2.05) is 0 Å². The molecule has 1 aromatic heterocycles. The quantitative estimate of drug-likeness (QED) is 0.570. The summed E-state index contributed by atoms with van der Waals surface area (Å²) < 4.78 is 4.43. The Kier molecular flexibility index (Phi) is 6.77. The highest BCUT2D eigenvalue weighted by molar-refractivity contribution is 5.93. The molecule has 21 heavy (non-hydrogen) atoms. The molecule has 4 N–H and O–H groups in total. The molecule has 7 heteroatoms. The van der Waals surface area contributed by atoms with Crippen molar-refractivity contribution in [3.8, 4) is 0 Å². The predicted molar refractivity (Wildman–Crippen MR) is 74.3 cm³/mol. The van der Waals surface area contributed by atoms with Crippen LogP contribution in [0.25, 0.3) is 0 Å². The molecule has 0 unspecified atom stereocenters. The van der Waals surface area contributed by atoms with Crippen molar-refractivity contribution >= 4 is 11.9 Å². The number of pyridine rings is 1. The number of nitrogens with two attached hydrogens (primary N) is 1. The lowest BCUT2D eigenvalue weighted by molar-refractivity contribution is -0.143. The van der Waals surface area contributed by atoms with E-state index in [2.05, 4.69) is 9.72 Å². The summed E-state index contributed by atoms with van der Waals surface area (Å²) >= 11 is 0. The van der Waals surface area contributed by atoms with Gasteiger partial charge in [-0.15, -0.1) is 0 Å². The topological polar surface area (TPSA) is 123 Å². The molecule has 2 atom stereocenters. The summed E-state index contributed by atoms with van der Waals surface area (Å²) in [5, 5.41) is 19.5. The van der Waals surface area contributed by atoms with E-state index in [9.17, 15) is 19.8 Å². The fourth-order valence-corrected chi connectivity index (χ4v) is 1.98. The van der Waals surface area contributed by atoms with Crippen LogP contribution in [0.5, 0.6) is 0 Å².